The molecule has 1 aliphatic heterocycles. The molecule has 0 spiro atoms. The Morgan fingerprint density at radius 2 is 2.04 bits per heavy atom. The van der Waals surface area contributed by atoms with Gasteiger partial charge in [-0.25, -0.2) is 0 Å². The van der Waals surface area contributed by atoms with Crippen molar-refractivity contribution in [3.05, 3.63) is 35.9 Å². The molecule has 25 heavy (non-hydrogen) atoms. The number of likely N-dealkylation sites (tertiary alicyclic amines) is 1. The van der Waals surface area contributed by atoms with Crippen LogP contribution < -0.4 is 10.6 Å². The maximum Gasteiger partial charge on any atom is 0.191 e. The molecule has 0 bridgehead atoms. The van der Waals surface area contributed by atoms with Gasteiger partial charge in [0.05, 0.1) is 13.2 Å². The van der Waals surface area contributed by atoms with E-state index in [2.05, 4.69) is 64.7 Å². The van der Waals surface area contributed by atoms with Gasteiger partial charge in [-0.15, -0.1) is 24.0 Å². The first-order valence-electron chi connectivity index (χ1n) is 9.13. The van der Waals surface area contributed by atoms with Gasteiger partial charge in [0.25, 0.3) is 0 Å². The number of hydrogen-bond donors (Lipinski definition) is 2. The summed E-state index contributed by atoms with van der Waals surface area (Å²) in [7, 11) is 0. The first kappa shape index (κ1) is 22.2. The predicted molar refractivity (Wildman–Crippen MR) is 116 cm³/mol. The molecule has 1 saturated heterocycles. The van der Waals surface area contributed by atoms with E-state index in [4.69, 9.17) is 4.74 Å². The van der Waals surface area contributed by atoms with Crippen LogP contribution in [0.4, 0.5) is 0 Å². The minimum absolute atomic E-state index is 0. The summed E-state index contributed by atoms with van der Waals surface area (Å²) in [6.45, 7) is 11.5. The highest BCUT2D eigenvalue weighted by molar-refractivity contribution is 14.0. The molecule has 2 unspecified atom stereocenters. The molecule has 1 aromatic rings. The monoisotopic (exact) mass is 460 g/mol. The zero-order valence-electron chi connectivity index (χ0n) is 15.7. The summed E-state index contributed by atoms with van der Waals surface area (Å²) in [4.78, 5) is 7.14. The zero-order chi connectivity index (χ0) is 17.2. The van der Waals surface area contributed by atoms with Gasteiger partial charge in [0.1, 0.15) is 0 Å². The van der Waals surface area contributed by atoms with Crippen molar-refractivity contribution in [1.82, 2.24) is 15.5 Å². The average Bonchev–Trinajstić information content (AvgIpc) is 2.92. The third-order valence-electron chi connectivity index (χ3n) is 4.33. The fourth-order valence-electron chi connectivity index (χ4n) is 3.12. The van der Waals surface area contributed by atoms with E-state index in [0.717, 1.165) is 38.6 Å². The Labute approximate surface area is 169 Å². The molecule has 142 valence electrons. The summed E-state index contributed by atoms with van der Waals surface area (Å²) in [5, 5.41) is 6.91. The number of nitrogens with one attached hydrogen (secondary N) is 2. The highest BCUT2D eigenvalue weighted by atomic mass is 127. The SMILES string of the molecule is CCNC(=NCCOCC)NC1CC(C)N(Cc2ccccc2)C1.I. The molecule has 5 nitrogen and oxygen atoms in total. The van der Waals surface area contributed by atoms with Gasteiger partial charge in [0, 0.05) is 38.3 Å². The molecule has 1 heterocycles. The van der Waals surface area contributed by atoms with Crippen molar-refractivity contribution in [1.29, 1.82) is 0 Å². The molecule has 1 fully saturated rings. The second-order valence-electron chi connectivity index (χ2n) is 6.30. The van der Waals surface area contributed by atoms with Crippen molar-refractivity contribution in [3.8, 4) is 0 Å². The lowest BCUT2D eigenvalue weighted by Gasteiger charge is -2.21. The minimum Gasteiger partial charge on any atom is -0.380 e. The molecule has 0 saturated carbocycles. The Bertz CT molecular complexity index is 497. The third-order valence-corrected chi connectivity index (χ3v) is 4.33. The quantitative estimate of drug-likeness (QED) is 0.271. The number of benzene rings is 1. The molecular weight excluding hydrogens is 427 g/mol. The van der Waals surface area contributed by atoms with Crippen molar-refractivity contribution < 1.29 is 4.74 Å². The number of hydrogen-bond acceptors (Lipinski definition) is 3. The second kappa shape index (κ2) is 12.5. The van der Waals surface area contributed by atoms with Gasteiger partial charge in [-0.05, 0) is 32.8 Å². The topological polar surface area (TPSA) is 48.9 Å². The molecule has 6 heteroatoms. The summed E-state index contributed by atoms with van der Waals surface area (Å²) in [6.07, 6.45) is 1.14. The van der Waals surface area contributed by atoms with Gasteiger partial charge < -0.3 is 15.4 Å². The summed E-state index contributed by atoms with van der Waals surface area (Å²) in [5.74, 6) is 0.899. The standard InChI is InChI=1S/C19H32N4O.HI/c1-4-20-19(21-11-12-24-5-2)22-18-13-16(3)23(15-18)14-17-9-7-6-8-10-17;/h6-10,16,18H,4-5,11-15H2,1-3H3,(H2,20,21,22);1H. The fraction of sp³-hybridized carbons (Fsp3) is 0.632. The van der Waals surface area contributed by atoms with Gasteiger partial charge in [-0.1, -0.05) is 30.3 Å². The zero-order valence-corrected chi connectivity index (χ0v) is 18.0. The van der Waals surface area contributed by atoms with Crippen LogP contribution in [0, 0.1) is 0 Å². The van der Waals surface area contributed by atoms with Crippen LogP contribution in [0.1, 0.15) is 32.8 Å². The predicted octanol–water partition coefficient (Wildman–Crippen LogP) is 2.86. The maximum atomic E-state index is 5.36. The third kappa shape index (κ3) is 7.92. The summed E-state index contributed by atoms with van der Waals surface area (Å²) in [5.41, 5.74) is 1.38. The van der Waals surface area contributed by atoms with Gasteiger partial charge in [0.15, 0.2) is 5.96 Å². The van der Waals surface area contributed by atoms with Crippen LogP contribution in [0.25, 0.3) is 0 Å². The lowest BCUT2D eigenvalue weighted by atomic mass is 10.2. The number of rotatable bonds is 8. The summed E-state index contributed by atoms with van der Waals surface area (Å²) < 4.78 is 5.36. The van der Waals surface area contributed by atoms with E-state index < -0.39 is 0 Å². The molecule has 1 aromatic carbocycles. The van der Waals surface area contributed by atoms with Crippen LogP contribution in [0.5, 0.6) is 0 Å². The van der Waals surface area contributed by atoms with Crippen LogP contribution >= 0.6 is 24.0 Å². The van der Waals surface area contributed by atoms with E-state index in [1.165, 1.54) is 5.56 Å². The highest BCUT2D eigenvalue weighted by Gasteiger charge is 2.29. The molecule has 0 radical (unpaired) electrons. The van der Waals surface area contributed by atoms with Crippen molar-refractivity contribution in [2.75, 3.05) is 32.8 Å². The van der Waals surface area contributed by atoms with E-state index in [-0.39, 0.29) is 24.0 Å². The van der Waals surface area contributed by atoms with Crippen LogP contribution in [0.2, 0.25) is 0 Å². The van der Waals surface area contributed by atoms with E-state index in [0.29, 0.717) is 25.2 Å². The Morgan fingerprint density at radius 1 is 1.28 bits per heavy atom. The molecule has 0 amide bonds. The Balaban J connectivity index is 0.00000312. The largest absolute Gasteiger partial charge is 0.380 e. The number of ether oxygens (including phenoxy) is 1. The van der Waals surface area contributed by atoms with E-state index in [9.17, 15) is 0 Å². The van der Waals surface area contributed by atoms with Crippen molar-refractivity contribution in [2.24, 2.45) is 4.99 Å². The van der Waals surface area contributed by atoms with E-state index in [1.807, 2.05) is 6.92 Å². The van der Waals surface area contributed by atoms with Crippen molar-refractivity contribution in [3.63, 3.8) is 0 Å². The molecule has 2 N–H and O–H groups in total. The fourth-order valence-corrected chi connectivity index (χ4v) is 3.12. The molecule has 2 atom stereocenters. The first-order chi connectivity index (χ1) is 11.7. The van der Waals surface area contributed by atoms with E-state index >= 15 is 0 Å². The average molecular weight is 460 g/mol. The minimum atomic E-state index is 0. The van der Waals surface area contributed by atoms with Crippen LogP contribution in [-0.4, -0.2) is 55.8 Å². The molecule has 1 aliphatic rings. The van der Waals surface area contributed by atoms with Crippen molar-refractivity contribution >= 4 is 29.9 Å². The van der Waals surface area contributed by atoms with Gasteiger partial charge in [-0.3, -0.25) is 9.89 Å². The first-order valence-corrected chi connectivity index (χ1v) is 9.13. The maximum absolute atomic E-state index is 5.36. The number of halogens is 1. The Hall–Kier alpha value is -0.860. The highest BCUT2D eigenvalue weighted by Crippen LogP contribution is 2.20. The van der Waals surface area contributed by atoms with Crippen LogP contribution in [0.3, 0.4) is 0 Å². The van der Waals surface area contributed by atoms with Crippen LogP contribution in [-0.2, 0) is 11.3 Å². The molecular formula is C19H33IN4O. The van der Waals surface area contributed by atoms with Gasteiger partial charge in [-0.2, -0.15) is 0 Å². The van der Waals surface area contributed by atoms with Gasteiger partial charge >= 0.3 is 0 Å². The number of nitrogens with zero attached hydrogens (tertiary/aromatic N) is 2. The lowest BCUT2D eigenvalue weighted by Crippen LogP contribution is -2.44. The Morgan fingerprint density at radius 3 is 2.72 bits per heavy atom. The smallest absolute Gasteiger partial charge is 0.191 e. The number of guanidine groups is 1. The number of aliphatic imine (C=N–C) groups is 1. The van der Waals surface area contributed by atoms with Crippen molar-refractivity contribution in [2.45, 2.75) is 45.8 Å². The normalized spacial score (nSPS) is 21.0. The summed E-state index contributed by atoms with van der Waals surface area (Å²) >= 11 is 0. The molecule has 0 aromatic heterocycles. The second-order valence-corrected chi connectivity index (χ2v) is 6.30. The molecule has 2 rings (SSSR count). The molecule has 0 aliphatic carbocycles. The Kier molecular flexibility index (Phi) is 11.1. The lowest BCUT2D eigenvalue weighted by molar-refractivity contribution is 0.155. The summed E-state index contributed by atoms with van der Waals surface area (Å²) in [6, 6.07) is 11.7. The van der Waals surface area contributed by atoms with E-state index in [1.54, 1.807) is 0 Å². The van der Waals surface area contributed by atoms with Crippen LogP contribution in [0.15, 0.2) is 35.3 Å². The van der Waals surface area contributed by atoms with Gasteiger partial charge in [0.2, 0.25) is 0 Å².